The second-order valence-electron chi connectivity index (χ2n) is 4.54. The Balaban J connectivity index is 1.82. The van der Waals surface area contributed by atoms with Crippen molar-refractivity contribution in [1.29, 1.82) is 0 Å². The summed E-state index contributed by atoms with van der Waals surface area (Å²) in [5, 5.41) is 3.82. The summed E-state index contributed by atoms with van der Waals surface area (Å²) >= 11 is 1.34. The smallest absolute Gasteiger partial charge is 0.204 e. The van der Waals surface area contributed by atoms with Crippen LogP contribution in [0.25, 0.3) is 0 Å². The van der Waals surface area contributed by atoms with Crippen LogP contribution in [0.4, 0.5) is 10.8 Å². The number of rotatable bonds is 4. The zero-order valence-electron chi connectivity index (χ0n) is 11.4. The van der Waals surface area contributed by atoms with Gasteiger partial charge < -0.3 is 5.32 Å². The fraction of sp³-hybridized carbons (Fsp3) is 0.0625. The van der Waals surface area contributed by atoms with Gasteiger partial charge in [0.1, 0.15) is 0 Å². The van der Waals surface area contributed by atoms with Crippen molar-refractivity contribution in [3.63, 3.8) is 0 Å². The van der Waals surface area contributed by atoms with Crippen molar-refractivity contribution in [1.82, 2.24) is 9.97 Å². The molecular formula is C16H13N3OS. The van der Waals surface area contributed by atoms with Gasteiger partial charge in [-0.1, -0.05) is 35.6 Å². The predicted molar refractivity (Wildman–Crippen MR) is 84.2 cm³/mol. The SMILES string of the molecule is Cc1ccccc1C(=O)c1cnc(Nc2cccnc2)s1. The highest BCUT2D eigenvalue weighted by Crippen LogP contribution is 2.24. The van der Waals surface area contributed by atoms with Crippen LogP contribution in [0.5, 0.6) is 0 Å². The molecule has 2 heterocycles. The molecule has 0 bridgehead atoms. The maximum Gasteiger partial charge on any atom is 0.204 e. The molecule has 3 aromatic rings. The molecule has 0 atom stereocenters. The lowest BCUT2D eigenvalue weighted by Crippen LogP contribution is -2.00. The van der Waals surface area contributed by atoms with E-state index in [0.29, 0.717) is 15.6 Å². The molecule has 21 heavy (non-hydrogen) atoms. The van der Waals surface area contributed by atoms with Crippen LogP contribution in [0, 0.1) is 6.92 Å². The molecule has 0 aliphatic heterocycles. The Bertz CT molecular complexity index is 768. The first-order valence-electron chi connectivity index (χ1n) is 6.47. The third kappa shape index (κ3) is 2.98. The van der Waals surface area contributed by atoms with Crippen molar-refractivity contribution < 1.29 is 4.79 Å². The summed E-state index contributed by atoms with van der Waals surface area (Å²) in [6.45, 7) is 1.93. The molecule has 4 nitrogen and oxygen atoms in total. The van der Waals surface area contributed by atoms with Crippen molar-refractivity contribution in [3.05, 3.63) is 71.0 Å². The lowest BCUT2D eigenvalue weighted by Gasteiger charge is -2.02. The Kier molecular flexibility index (Phi) is 3.75. The van der Waals surface area contributed by atoms with Gasteiger partial charge in [-0.2, -0.15) is 0 Å². The van der Waals surface area contributed by atoms with E-state index < -0.39 is 0 Å². The Morgan fingerprint density at radius 3 is 2.76 bits per heavy atom. The highest BCUT2D eigenvalue weighted by atomic mass is 32.1. The van der Waals surface area contributed by atoms with E-state index in [9.17, 15) is 4.79 Å². The zero-order valence-corrected chi connectivity index (χ0v) is 12.2. The molecule has 0 aliphatic rings. The fourth-order valence-electron chi connectivity index (χ4n) is 1.96. The number of hydrogen-bond donors (Lipinski definition) is 1. The number of carbonyl (C=O) groups excluding carboxylic acids is 1. The minimum Gasteiger partial charge on any atom is -0.330 e. The molecule has 0 unspecified atom stereocenters. The van der Waals surface area contributed by atoms with Crippen LogP contribution >= 0.6 is 11.3 Å². The Morgan fingerprint density at radius 1 is 1.14 bits per heavy atom. The summed E-state index contributed by atoms with van der Waals surface area (Å²) in [6, 6.07) is 11.3. The van der Waals surface area contributed by atoms with Crippen molar-refractivity contribution in [2.75, 3.05) is 5.32 Å². The molecule has 3 rings (SSSR count). The molecule has 0 radical (unpaired) electrons. The molecule has 1 N–H and O–H groups in total. The summed E-state index contributed by atoms with van der Waals surface area (Å²) in [7, 11) is 0. The summed E-state index contributed by atoms with van der Waals surface area (Å²) < 4.78 is 0. The largest absolute Gasteiger partial charge is 0.330 e. The first kappa shape index (κ1) is 13.5. The van der Waals surface area contributed by atoms with E-state index in [4.69, 9.17) is 0 Å². The average Bonchev–Trinajstić information content (AvgIpc) is 2.97. The predicted octanol–water partition coefficient (Wildman–Crippen LogP) is 3.82. The maximum atomic E-state index is 12.5. The molecule has 0 spiro atoms. The number of pyridine rings is 1. The number of hydrogen-bond acceptors (Lipinski definition) is 5. The number of anilines is 2. The fourth-order valence-corrected chi connectivity index (χ4v) is 2.75. The zero-order chi connectivity index (χ0) is 14.7. The quantitative estimate of drug-likeness (QED) is 0.743. The summed E-state index contributed by atoms with van der Waals surface area (Å²) in [6.07, 6.45) is 5.03. The monoisotopic (exact) mass is 295 g/mol. The average molecular weight is 295 g/mol. The molecule has 0 amide bonds. The van der Waals surface area contributed by atoms with Crippen LogP contribution in [-0.2, 0) is 0 Å². The number of carbonyl (C=O) groups is 1. The van der Waals surface area contributed by atoms with Gasteiger partial charge in [0.2, 0.25) is 5.78 Å². The highest BCUT2D eigenvalue weighted by molar-refractivity contribution is 7.17. The third-order valence-electron chi connectivity index (χ3n) is 3.03. The van der Waals surface area contributed by atoms with Crippen molar-refractivity contribution in [2.45, 2.75) is 6.92 Å². The lowest BCUT2D eigenvalue weighted by molar-refractivity contribution is 0.104. The summed E-state index contributed by atoms with van der Waals surface area (Å²) in [4.78, 5) is 21.4. The number of aryl methyl sites for hydroxylation is 1. The third-order valence-corrected chi connectivity index (χ3v) is 3.94. The van der Waals surface area contributed by atoms with Gasteiger partial charge in [0.05, 0.1) is 23.0 Å². The standard InChI is InChI=1S/C16H13N3OS/c1-11-5-2-3-7-13(11)15(20)14-10-18-16(21-14)19-12-6-4-8-17-9-12/h2-10H,1H3,(H,18,19). The van der Waals surface area contributed by atoms with Gasteiger partial charge in [0, 0.05) is 11.8 Å². The van der Waals surface area contributed by atoms with Gasteiger partial charge in [0.15, 0.2) is 5.13 Å². The number of nitrogens with zero attached hydrogens (tertiary/aromatic N) is 2. The topological polar surface area (TPSA) is 54.9 Å². The minimum absolute atomic E-state index is 0.00448. The molecule has 0 saturated heterocycles. The van der Waals surface area contributed by atoms with E-state index in [2.05, 4.69) is 15.3 Å². The van der Waals surface area contributed by atoms with Crippen LogP contribution in [-0.4, -0.2) is 15.8 Å². The summed E-state index contributed by atoms with van der Waals surface area (Å²) in [5.74, 6) is 0.00448. The van der Waals surface area contributed by atoms with Crippen LogP contribution in [0.2, 0.25) is 0 Å². The molecule has 0 fully saturated rings. The van der Waals surface area contributed by atoms with Crippen LogP contribution in [0.15, 0.2) is 55.0 Å². The van der Waals surface area contributed by atoms with E-state index in [-0.39, 0.29) is 5.78 Å². The molecule has 0 saturated carbocycles. The number of aromatic nitrogens is 2. The summed E-state index contributed by atoms with van der Waals surface area (Å²) in [5.41, 5.74) is 2.54. The van der Waals surface area contributed by atoms with E-state index in [1.54, 1.807) is 18.6 Å². The number of nitrogens with one attached hydrogen (secondary N) is 1. The van der Waals surface area contributed by atoms with Gasteiger partial charge in [0.25, 0.3) is 0 Å². The normalized spacial score (nSPS) is 10.3. The maximum absolute atomic E-state index is 12.5. The first-order valence-corrected chi connectivity index (χ1v) is 7.29. The Labute approximate surface area is 126 Å². The second kappa shape index (κ2) is 5.85. The van der Waals surface area contributed by atoms with Gasteiger partial charge in [-0.3, -0.25) is 9.78 Å². The molecule has 5 heteroatoms. The molecule has 2 aromatic heterocycles. The first-order chi connectivity index (χ1) is 10.2. The lowest BCUT2D eigenvalue weighted by atomic mass is 10.0. The number of benzene rings is 1. The van der Waals surface area contributed by atoms with E-state index in [1.165, 1.54) is 11.3 Å². The molecule has 1 aromatic carbocycles. The van der Waals surface area contributed by atoms with Gasteiger partial charge >= 0.3 is 0 Å². The van der Waals surface area contributed by atoms with Crippen LogP contribution < -0.4 is 5.32 Å². The van der Waals surface area contributed by atoms with Crippen molar-refractivity contribution in [3.8, 4) is 0 Å². The van der Waals surface area contributed by atoms with Gasteiger partial charge in [-0.15, -0.1) is 0 Å². The van der Waals surface area contributed by atoms with Gasteiger partial charge in [-0.05, 0) is 24.6 Å². The Morgan fingerprint density at radius 2 is 2.00 bits per heavy atom. The highest BCUT2D eigenvalue weighted by Gasteiger charge is 2.14. The van der Waals surface area contributed by atoms with Crippen molar-refractivity contribution in [2.24, 2.45) is 0 Å². The number of ketones is 1. The van der Waals surface area contributed by atoms with Crippen LogP contribution in [0.3, 0.4) is 0 Å². The van der Waals surface area contributed by atoms with E-state index in [1.807, 2.05) is 43.3 Å². The van der Waals surface area contributed by atoms with E-state index in [0.717, 1.165) is 11.3 Å². The Hall–Kier alpha value is -2.53. The second-order valence-corrected chi connectivity index (χ2v) is 5.57. The van der Waals surface area contributed by atoms with E-state index >= 15 is 0 Å². The molecular weight excluding hydrogens is 282 g/mol. The van der Waals surface area contributed by atoms with Gasteiger partial charge in [-0.25, -0.2) is 4.98 Å². The van der Waals surface area contributed by atoms with Crippen molar-refractivity contribution >= 4 is 27.9 Å². The molecule has 104 valence electrons. The molecule has 0 aliphatic carbocycles. The number of thiazole rings is 1. The van der Waals surface area contributed by atoms with Crippen LogP contribution in [0.1, 0.15) is 20.8 Å². The minimum atomic E-state index is 0.00448.